The minimum absolute atomic E-state index is 0.127. The van der Waals surface area contributed by atoms with E-state index in [4.69, 9.17) is 9.47 Å². The van der Waals surface area contributed by atoms with Gasteiger partial charge in [-0.3, -0.25) is 9.59 Å². The number of carbonyl (C=O) groups is 2. The van der Waals surface area contributed by atoms with Crippen LogP contribution < -0.4 is 14.8 Å². The number of aryl methyl sites for hydroxylation is 1. The third kappa shape index (κ3) is 7.22. The molecule has 0 aliphatic heterocycles. The average molecular weight is 517 g/mol. The maximum atomic E-state index is 13.2. The fourth-order valence-corrected chi connectivity index (χ4v) is 4.30. The van der Waals surface area contributed by atoms with Gasteiger partial charge in [0.1, 0.15) is 17.5 Å². The molecule has 1 fully saturated rings. The van der Waals surface area contributed by atoms with Gasteiger partial charge in [0.2, 0.25) is 5.91 Å². The molecule has 2 amide bonds. The van der Waals surface area contributed by atoms with E-state index in [0.29, 0.717) is 11.5 Å². The van der Waals surface area contributed by atoms with Crippen LogP contribution in [0, 0.1) is 6.92 Å². The number of nitrogens with one attached hydrogen (secondary N) is 1. The Morgan fingerprint density at radius 2 is 1.88 bits per heavy atom. The van der Waals surface area contributed by atoms with Gasteiger partial charge in [0.15, 0.2) is 6.61 Å². The van der Waals surface area contributed by atoms with Crippen molar-refractivity contribution in [3.05, 3.63) is 58.1 Å². The molecular weight excluding hydrogens is 484 g/mol. The summed E-state index contributed by atoms with van der Waals surface area (Å²) in [5.41, 5.74) is 1.91. The van der Waals surface area contributed by atoms with Crippen LogP contribution in [-0.2, 0) is 16.1 Å². The normalized spacial score (nSPS) is 14.9. The number of amides is 2. The van der Waals surface area contributed by atoms with Crippen LogP contribution in [-0.4, -0.2) is 42.5 Å². The van der Waals surface area contributed by atoms with Crippen molar-refractivity contribution in [2.45, 2.75) is 64.6 Å². The van der Waals surface area contributed by atoms with E-state index in [-0.39, 0.29) is 31.0 Å². The zero-order valence-electron chi connectivity index (χ0n) is 19.6. The number of hydrogen-bond donors (Lipinski definition) is 1. The Kier molecular flexibility index (Phi) is 9.18. The van der Waals surface area contributed by atoms with E-state index in [1.807, 2.05) is 49.4 Å². The summed E-state index contributed by atoms with van der Waals surface area (Å²) in [5, 5.41) is 3.15. The molecule has 33 heavy (non-hydrogen) atoms. The van der Waals surface area contributed by atoms with Crippen LogP contribution in [0.3, 0.4) is 0 Å². The van der Waals surface area contributed by atoms with Crippen LogP contribution >= 0.6 is 15.9 Å². The maximum Gasteiger partial charge on any atom is 0.261 e. The second-order valence-electron chi connectivity index (χ2n) is 8.59. The molecule has 3 rings (SSSR count). The highest BCUT2D eigenvalue weighted by atomic mass is 79.9. The zero-order chi connectivity index (χ0) is 23.8. The predicted octanol–water partition coefficient (Wildman–Crippen LogP) is 5.01. The molecule has 1 atom stereocenters. The van der Waals surface area contributed by atoms with Gasteiger partial charge >= 0.3 is 0 Å². The molecule has 1 aliphatic rings. The molecule has 178 valence electrons. The van der Waals surface area contributed by atoms with Crippen molar-refractivity contribution in [2.24, 2.45) is 0 Å². The van der Waals surface area contributed by atoms with Gasteiger partial charge in [0.25, 0.3) is 5.91 Å². The van der Waals surface area contributed by atoms with Gasteiger partial charge in [0, 0.05) is 17.1 Å². The molecule has 0 spiro atoms. The van der Waals surface area contributed by atoms with Gasteiger partial charge < -0.3 is 19.7 Å². The van der Waals surface area contributed by atoms with E-state index in [0.717, 1.165) is 41.3 Å². The fraction of sp³-hybridized carbons (Fsp3) is 0.462. The van der Waals surface area contributed by atoms with Gasteiger partial charge in [-0.1, -0.05) is 47.3 Å². The number of rotatable bonds is 9. The monoisotopic (exact) mass is 516 g/mol. The largest absolute Gasteiger partial charge is 0.497 e. The second-order valence-corrected chi connectivity index (χ2v) is 9.45. The van der Waals surface area contributed by atoms with E-state index in [2.05, 4.69) is 21.2 Å². The lowest BCUT2D eigenvalue weighted by atomic mass is 9.95. The van der Waals surface area contributed by atoms with Gasteiger partial charge in [-0.25, -0.2) is 0 Å². The van der Waals surface area contributed by atoms with Crippen LogP contribution in [0.25, 0.3) is 0 Å². The van der Waals surface area contributed by atoms with Gasteiger partial charge in [-0.2, -0.15) is 0 Å². The molecule has 0 aromatic heterocycles. The molecule has 1 N–H and O–H groups in total. The van der Waals surface area contributed by atoms with Crippen molar-refractivity contribution in [2.75, 3.05) is 13.7 Å². The standard InChI is InChI=1S/C26H33BrN2O4/c1-18-14-23(12-13-24(18)27)33-17-25(30)29(16-20-8-7-11-22(15-20)32-3)19(2)26(31)28-21-9-5-4-6-10-21/h7-8,11-15,19,21H,4-6,9-10,16-17H2,1-3H3,(H,28,31)/t19-/m0/s1. The van der Waals surface area contributed by atoms with Crippen molar-refractivity contribution < 1.29 is 19.1 Å². The fourth-order valence-electron chi connectivity index (χ4n) is 4.05. The number of hydrogen-bond acceptors (Lipinski definition) is 4. The number of ether oxygens (including phenoxy) is 2. The molecule has 0 heterocycles. The summed E-state index contributed by atoms with van der Waals surface area (Å²) in [5.74, 6) is 0.952. The summed E-state index contributed by atoms with van der Waals surface area (Å²) in [6.45, 7) is 3.88. The Balaban J connectivity index is 1.73. The summed E-state index contributed by atoms with van der Waals surface area (Å²) in [6.07, 6.45) is 5.47. The Bertz CT molecular complexity index is 959. The van der Waals surface area contributed by atoms with Crippen LogP contribution in [0.4, 0.5) is 0 Å². The lowest BCUT2D eigenvalue weighted by molar-refractivity contribution is -0.142. The first-order chi connectivity index (χ1) is 15.9. The molecule has 6 nitrogen and oxygen atoms in total. The van der Waals surface area contributed by atoms with Crippen molar-refractivity contribution >= 4 is 27.7 Å². The van der Waals surface area contributed by atoms with Crippen LogP contribution in [0.5, 0.6) is 11.5 Å². The summed E-state index contributed by atoms with van der Waals surface area (Å²) in [7, 11) is 1.61. The molecule has 0 radical (unpaired) electrons. The first-order valence-corrected chi connectivity index (χ1v) is 12.3. The molecule has 0 unspecified atom stereocenters. The topological polar surface area (TPSA) is 67.9 Å². The quantitative estimate of drug-likeness (QED) is 0.508. The van der Waals surface area contributed by atoms with Crippen molar-refractivity contribution in [1.29, 1.82) is 0 Å². The highest BCUT2D eigenvalue weighted by Crippen LogP contribution is 2.22. The molecular formula is C26H33BrN2O4. The zero-order valence-corrected chi connectivity index (χ0v) is 21.2. The summed E-state index contributed by atoms with van der Waals surface area (Å²) >= 11 is 3.47. The first-order valence-electron chi connectivity index (χ1n) is 11.5. The SMILES string of the molecule is COc1cccc(CN(C(=O)COc2ccc(Br)c(C)c2)[C@@H](C)C(=O)NC2CCCCC2)c1. The Morgan fingerprint density at radius 1 is 1.12 bits per heavy atom. The predicted molar refractivity (Wildman–Crippen MR) is 132 cm³/mol. The molecule has 1 aliphatic carbocycles. The van der Waals surface area contributed by atoms with E-state index in [1.54, 1.807) is 18.9 Å². The lowest BCUT2D eigenvalue weighted by Crippen LogP contribution is -2.51. The van der Waals surface area contributed by atoms with Gasteiger partial charge in [0.05, 0.1) is 7.11 Å². The Hall–Kier alpha value is -2.54. The number of nitrogens with zero attached hydrogens (tertiary/aromatic N) is 1. The van der Waals surface area contributed by atoms with Crippen LogP contribution in [0.15, 0.2) is 46.9 Å². The van der Waals surface area contributed by atoms with Crippen LogP contribution in [0.1, 0.15) is 50.2 Å². The maximum absolute atomic E-state index is 13.2. The highest BCUT2D eigenvalue weighted by molar-refractivity contribution is 9.10. The van der Waals surface area contributed by atoms with Gasteiger partial charge in [-0.15, -0.1) is 0 Å². The highest BCUT2D eigenvalue weighted by Gasteiger charge is 2.28. The number of carbonyl (C=O) groups excluding carboxylic acids is 2. The number of halogens is 1. The van der Waals surface area contributed by atoms with Gasteiger partial charge in [-0.05, 0) is 68.1 Å². The smallest absolute Gasteiger partial charge is 0.261 e. The minimum atomic E-state index is -0.624. The summed E-state index contributed by atoms with van der Waals surface area (Å²) < 4.78 is 12.1. The Morgan fingerprint density at radius 3 is 2.58 bits per heavy atom. The number of methoxy groups -OCH3 is 1. The minimum Gasteiger partial charge on any atom is -0.497 e. The first kappa shape index (κ1) is 25.1. The molecule has 0 saturated heterocycles. The van der Waals surface area contributed by atoms with E-state index in [1.165, 1.54) is 6.42 Å². The summed E-state index contributed by atoms with van der Waals surface area (Å²) in [4.78, 5) is 27.9. The molecule has 2 aromatic rings. The second kappa shape index (κ2) is 12.1. The van der Waals surface area contributed by atoms with Crippen LogP contribution in [0.2, 0.25) is 0 Å². The molecule has 7 heteroatoms. The van der Waals surface area contributed by atoms with Crippen molar-refractivity contribution in [3.8, 4) is 11.5 Å². The van der Waals surface area contributed by atoms with E-state index < -0.39 is 6.04 Å². The van der Waals surface area contributed by atoms with Crippen molar-refractivity contribution in [1.82, 2.24) is 10.2 Å². The van der Waals surface area contributed by atoms with E-state index in [9.17, 15) is 9.59 Å². The Labute approximate surface area is 204 Å². The average Bonchev–Trinajstić information content (AvgIpc) is 2.83. The van der Waals surface area contributed by atoms with E-state index >= 15 is 0 Å². The number of benzene rings is 2. The third-order valence-corrected chi connectivity index (χ3v) is 6.99. The third-order valence-electron chi connectivity index (χ3n) is 6.10. The summed E-state index contributed by atoms with van der Waals surface area (Å²) in [6, 6.07) is 12.7. The molecule has 0 bridgehead atoms. The van der Waals surface area contributed by atoms with Crippen molar-refractivity contribution in [3.63, 3.8) is 0 Å². The molecule has 1 saturated carbocycles. The lowest BCUT2D eigenvalue weighted by Gasteiger charge is -2.31. The molecule has 2 aromatic carbocycles.